The number of hydrogen-bond donors (Lipinski definition) is 1. The van der Waals surface area contributed by atoms with Gasteiger partial charge in [-0.1, -0.05) is 12.8 Å². The Kier molecular flexibility index (Phi) is 5.43. The van der Waals surface area contributed by atoms with Gasteiger partial charge in [0.15, 0.2) is 0 Å². The van der Waals surface area contributed by atoms with Crippen LogP contribution in [-0.2, 0) is 4.74 Å². The van der Waals surface area contributed by atoms with Crippen molar-refractivity contribution < 1.29 is 9.53 Å². The molecule has 1 atom stereocenters. The Morgan fingerprint density at radius 3 is 2.74 bits per heavy atom. The Morgan fingerprint density at radius 1 is 1.26 bits per heavy atom. The van der Waals surface area contributed by atoms with E-state index in [0.29, 0.717) is 18.2 Å². The summed E-state index contributed by atoms with van der Waals surface area (Å²) in [7, 11) is 0. The quantitative estimate of drug-likeness (QED) is 0.923. The summed E-state index contributed by atoms with van der Waals surface area (Å²) in [6.45, 7) is 5.10. The number of anilines is 1. The number of rotatable bonds is 4. The van der Waals surface area contributed by atoms with Crippen molar-refractivity contribution in [3.8, 4) is 0 Å². The lowest BCUT2D eigenvalue weighted by Gasteiger charge is -2.20. The number of nitrogens with one attached hydrogen (secondary N) is 1. The summed E-state index contributed by atoms with van der Waals surface area (Å²) in [5.74, 6) is 0.552. The Labute approximate surface area is 137 Å². The predicted octanol–water partition coefficient (Wildman–Crippen LogP) is 2.39. The van der Waals surface area contributed by atoms with E-state index in [9.17, 15) is 4.79 Å². The summed E-state index contributed by atoms with van der Waals surface area (Å²) in [6.07, 6.45) is 6.99. The summed E-state index contributed by atoms with van der Waals surface area (Å²) in [6, 6.07) is 1.78. The van der Waals surface area contributed by atoms with Gasteiger partial charge in [0.2, 0.25) is 5.95 Å². The zero-order valence-corrected chi connectivity index (χ0v) is 13.9. The standard InChI is InChI=1S/C17H26N4O2/c1-13-11-15(16(22)21-8-4-2-3-5-9-21)20-17(19-13)18-12-14-7-6-10-23-14/h11,14H,2-10,12H2,1H3,(H,18,19,20). The van der Waals surface area contributed by atoms with Gasteiger partial charge in [0.25, 0.3) is 5.91 Å². The summed E-state index contributed by atoms with van der Waals surface area (Å²) >= 11 is 0. The van der Waals surface area contributed by atoms with Gasteiger partial charge in [-0.25, -0.2) is 9.97 Å². The molecule has 3 heterocycles. The molecule has 126 valence electrons. The topological polar surface area (TPSA) is 67.4 Å². The minimum absolute atomic E-state index is 0.0255. The number of ether oxygens (including phenoxy) is 1. The molecule has 1 unspecified atom stereocenters. The fourth-order valence-electron chi connectivity index (χ4n) is 3.20. The SMILES string of the molecule is Cc1cc(C(=O)N2CCCCCC2)nc(NCC2CCCO2)n1. The van der Waals surface area contributed by atoms with Crippen molar-refractivity contribution in [1.29, 1.82) is 0 Å². The highest BCUT2D eigenvalue weighted by Crippen LogP contribution is 2.15. The van der Waals surface area contributed by atoms with Crippen molar-refractivity contribution in [2.24, 2.45) is 0 Å². The molecular formula is C17H26N4O2. The lowest BCUT2D eigenvalue weighted by Crippen LogP contribution is -2.32. The highest BCUT2D eigenvalue weighted by atomic mass is 16.5. The monoisotopic (exact) mass is 318 g/mol. The maximum Gasteiger partial charge on any atom is 0.272 e. The van der Waals surface area contributed by atoms with Gasteiger partial charge in [-0.3, -0.25) is 4.79 Å². The molecule has 1 aromatic heterocycles. The molecule has 0 aromatic carbocycles. The van der Waals surface area contributed by atoms with Crippen LogP contribution >= 0.6 is 0 Å². The Bertz CT molecular complexity index is 535. The number of carbonyl (C=O) groups is 1. The Balaban J connectivity index is 1.67. The van der Waals surface area contributed by atoms with Crippen LogP contribution in [0.5, 0.6) is 0 Å². The third-order valence-electron chi connectivity index (χ3n) is 4.48. The lowest BCUT2D eigenvalue weighted by molar-refractivity contribution is 0.0755. The molecule has 6 heteroatoms. The van der Waals surface area contributed by atoms with Crippen LogP contribution in [0.2, 0.25) is 0 Å². The summed E-state index contributed by atoms with van der Waals surface area (Å²) in [4.78, 5) is 23.5. The average molecular weight is 318 g/mol. The summed E-state index contributed by atoms with van der Waals surface area (Å²) < 4.78 is 5.60. The average Bonchev–Trinajstić information content (AvgIpc) is 2.92. The van der Waals surface area contributed by atoms with Gasteiger partial charge in [0, 0.05) is 31.9 Å². The molecule has 1 amide bonds. The van der Waals surface area contributed by atoms with Crippen LogP contribution in [-0.4, -0.2) is 53.1 Å². The van der Waals surface area contributed by atoms with E-state index in [1.807, 2.05) is 11.8 Å². The zero-order chi connectivity index (χ0) is 16.1. The molecule has 2 aliphatic heterocycles. The second kappa shape index (κ2) is 7.73. The molecule has 2 fully saturated rings. The number of aryl methyl sites for hydroxylation is 1. The van der Waals surface area contributed by atoms with Crippen LogP contribution in [0.4, 0.5) is 5.95 Å². The van der Waals surface area contributed by atoms with Crippen LogP contribution in [0.3, 0.4) is 0 Å². The molecule has 0 spiro atoms. The first-order valence-electron chi connectivity index (χ1n) is 8.73. The van der Waals surface area contributed by atoms with E-state index in [1.54, 1.807) is 6.07 Å². The molecule has 1 N–H and O–H groups in total. The van der Waals surface area contributed by atoms with Crippen LogP contribution < -0.4 is 5.32 Å². The Morgan fingerprint density at radius 2 is 2.04 bits per heavy atom. The highest BCUT2D eigenvalue weighted by Gasteiger charge is 2.20. The van der Waals surface area contributed by atoms with Crippen LogP contribution in [0.15, 0.2) is 6.07 Å². The first kappa shape index (κ1) is 16.2. The molecule has 3 rings (SSSR count). The number of carbonyl (C=O) groups excluding carboxylic acids is 1. The van der Waals surface area contributed by atoms with Gasteiger partial charge in [0.1, 0.15) is 5.69 Å². The van der Waals surface area contributed by atoms with E-state index in [-0.39, 0.29) is 12.0 Å². The molecule has 2 aliphatic rings. The number of nitrogens with zero attached hydrogens (tertiary/aromatic N) is 3. The lowest BCUT2D eigenvalue weighted by atomic mass is 10.2. The second-order valence-corrected chi connectivity index (χ2v) is 6.44. The maximum absolute atomic E-state index is 12.7. The smallest absolute Gasteiger partial charge is 0.272 e. The normalized spacial score (nSPS) is 22.0. The van der Waals surface area contributed by atoms with Crippen molar-refractivity contribution in [1.82, 2.24) is 14.9 Å². The molecular weight excluding hydrogens is 292 g/mol. The van der Waals surface area contributed by atoms with E-state index in [2.05, 4.69) is 15.3 Å². The van der Waals surface area contributed by atoms with Crippen molar-refractivity contribution in [3.05, 3.63) is 17.5 Å². The number of amides is 1. The molecule has 0 radical (unpaired) electrons. The summed E-state index contributed by atoms with van der Waals surface area (Å²) in [5.41, 5.74) is 1.31. The number of aromatic nitrogens is 2. The van der Waals surface area contributed by atoms with Gasteiger partial charge in [-0.05, 0) is 38.7 Å². The van der Waals surface area contributed by atoms with Gasteiger partial charge < -0.3 is 15.0 Å². The van der Waals surface area contributed by atoms with E-state index in [4.69, 9.17) is 4.74 Å². The third kappa shape index (κ3) is 4.41. The van der Waals surface area contributed by atoms with Crippen LogP contribution in [0, 0.1) is 6.92 Å². The highest BCUT2D eigenvalue weighted by molar-refractivity contribution is 5.92. The molecule has 2 saturated heterocycles. The van der Waals surface area contributed by atoms with Gasteiger partial charge in [-0.15, -0.1) is 0 Å². The van der Waals surface area contributed by atoms with Gasteiger partial charge >= 0.3 is 0 Å². The molecule has 23 heavy (non-hydrogen) atoms. The molecule has 0 saturated carbocycles. The molecule has 6 nitrogen and oxygen atoms in total. The Hall–Kier alpha value is -1.69. The van der Waals surface area contributed by atoms with E-state index in [1.165, 1.54) is 12.8 Å². The van der Waals surface area contributed by atoms with Crippen molar-refractivity contribution in [2.45, 2.75) is 51.6 Å². The second-order valence-electron chi connectivity index (χ2n) is 6.44. The first-order valence-corrected chi connectivity index (χ1v) is 8.73. The maximum atomic E-state index is 12.7. The largest absolute Gasteiger partial charge is 0.376 e. The molecule has 0 aliphatic carbocycles. The minimum atomic E-state index is 0.0255. The molecule has 1 aromatic rings. The van der Waals surface area contributed by atoms with Crippen LogP contribution in [0.1, 0.15) is 54.7 Å². The third-order valence-corrected chi connectivity index (χ3v) is 4.48. The first-order chi connectivity index (χ1) is 11.2. The van der Waals surface area contributed by atoms with Gasteiger partial charge in [0.05, 0.1) is 6.10 Å². The molecule has 0 bridgehead atoms. The van der Waals surface area contributed by atoms with Crippen molar-refractivity contribution >= 4 is 11.9 Å². The van der Waals surface area contributed by atoms with E-state index in [0.717, 1.165) is 51.1 Å². The van der Waals surface area contributed by atoms with Crippen molar-refractivity contribution in [2.75, 3.05) is 31.6 Å². The van der Waals surface area contributed by atoms with Crippen molar-refractivity contribution in [3.63, 3.8) is 0 Å². The van der Waals surface area contributed by atoms with Crippen LogP contribution in [0.25, 0.3) is 0 Å². The number of hydrogen-bond acceptors (Lipinski definition) is 5. The fourth-order valence-corrected chi connectivity index (χ4v) is 3.20. The predicted molar refractivity (Wildman–Crippen MR) is 88.6 cm³/mol. The van der Waals surface area contributed by atoms with E-state index < -0.39 is 0 Å². The fraction of sp³-hybridized carbons (Fsp3) is 0.706. The zero-order valence-electron chi connectivity index (χ0n) is 13.9. The number of likely N-dealkylation sites (tertiary alicyclic amines) is 1. The summed E-state index contributed by atoms with van der Waals surface area (Å²) in [5, 5.41) is 3.22. The van der Waals surface area contributed by atoms with E-state index >= 15 is 0 Å². The van der Waals surface area contributed by atoms with Gasteiger partial charge in [-0.2, -0.15) is 0 Å². The minimum Gasteiger partial charge on any atom is -0.376 e.